The molecule has 0 spiro atoms. The van der Waals surface area contributed by atoms with Gasteiger partial charge < -0.3 is 15.5 Å². The highest BCUT2D eigenvalue weighted by Gasteiger charge is 2.34. The topological polar surface area (TPSA) is 78.5 Å². The second kappa shape index (κ2) is 10.2. The van der Waals surface area contributed by atoms with Crippen molar-refractivity contribution in [1.29, 1.82) is 0 Å². The fraction of sp³-hybridized carbons (Fsp3) is 0.375. The van der Waals surface area contributed by atoms with Gasteiger partial charge in [-0.15, -0.1) is 0 Å². The average Bonchev–Trinajstić information content (AvgIpc) is 2.77. The maximum absolute atomic E-state index is 13.5. The van der Waals surface area contributed by atoms with Crippen LogP contribution in [0.4, 0.5) is 4.39 Å². The molecule has 0 radical (unpaired) electrons. The van der Waals surface area contributed by atoms with Crippen molar-refractivity contribution in [2.75, 3.05) is 13.1 Å². The van der Waals surface area contributed by atoms with Gasteiger partial charge in [0.05, 0.1) is 0 Å². The van der Waals surface area contributed by atoms with E-state index in [2.05, 4.69) is 10.6 Å². The highest BCUT2D eigenvalue weighted by atomic mass is 19.1. The first-order valence-corrected chi connectivity index (χ1v) is 10.6. The van der Waals surface area contributed by atoms with Gasteiger partial charge in [0.25, 0.3) is 11.8 Å². The van der Waals surface area contributed by atoms with E-state index in [4.69, 9.17) is 0 Å². The Balaban J connectivity index is 1.68. The molecule has 1 saturated heterocycles. The van der Waals surface area contributed by atoms with Gasteiger partial charge in [0.1, 0.15) is 11.9 Å². The van der Waals surface area contributed by atoms with Crippen LogP contribution in [0.25, 0.3) is 0 Å². The summed E-state index contributed by atoms with van der Waals surface area (Å²) in [6.45, 7) is 4.61. The smallest absolute Gasteiger partial charge is 0.253 e. The monoisotopic (exact) mass is 425 g/mol. The Hall–Kier alpha value is -3.22. The number of benzene rings is 2. The Kier molecular flexibility index (Phi) is 7.39. The first-order valence-electron chi connectivity index (χ1n) is 10.6. The lowest BCUT2D eigenvalue weighted by molar-refractivity contribution is -0.125. The molecule has 1 heterocycles. The minimum Gasteiger partial charge on any atom is -0.352 e. The number of carbonyl (C=O) groups is 3. The first-order chi connectivity index (χ1) is 14.8. The number of nitrogens with zero attached hydrogens (tertiary/aromatic N) is 1. The van der Waals surface area contributed by atoms with Crippen molar-refractivity contribution in [3.63, 3.8) is 0 Å². The summed E-state index contributed by atoms with van der Waals surface area (Å²) in [5.74, 6) is -1.32. The van der Waals surface area contributed by atoms with E-state index in [1.54, 1.807) is 35.2 Å². The largest absolute Gasteiger partial charge is 0.352 e. The minimum atomic E-state index is -0.693. The molecule has 7 heteroatoms. The molecule has 2 N–H and O–H groups in total. The minimum absolute atomic E-state index is 0.0572. The Morgan fingerprint density at radius 2 is 1.58 bits per heavy atom. The molecule has 0 aromatic heterocycles. The third-order valence-corrected chi connectivity index (χ3v) is 5.41. The van der Waals surface area contributed by atoms with Crippen LogP contribution in [-0.4, -0.2) is 47.8 Å². The van der Waals surface area contributed by atoms with Crippen molar-refractivity contribution >= 4 is 17.7 Å². The van der Waals surface area contributed by atoms with E-state index < -0.39 is 11.9 Å². The van der Waals surface area contributed by atoms with E-state index in [0.717, 1.165) is 0 Å². The number of carbonyl (C=O) groups excluding carboxylic acids is 3. The zero-order chi connectivity index (χ0) is 22.4. The predicted molar refractivity (Wildman–Crippen MR) is 116 cm³/mol. The molecule has 0 aliphatic carbocycles. The number of halogens is 1. The molecule has 3 rings (SSSR count). The average molecular weight is 426 g/mol. The van der Waals surface area contributed by atoms with Crippen LogP contribution >= 0.6 is 0 Å². The molecule has 1 aliphatic rings. The molecule has 31 heavy (non-hydrogen) atoms. The molecule has 1 atom stereocenters. The highest BCUT2D eigenvalue weighted by Crippen LogP contribution is 2.23. The molecular weight excluding hydrogens is 397 g/mol. The molecular formula is C24H28FN3O3. The fourth-order valence-electron chi connectivity index (χ4n) is 3.83. The van der Waals surface area contributed by atoms with Gasteiger partial charge in [-0.1, -0.05) is 24.3 Å². The number of piperidine rings is 1. The second-order valence-corrected chi connectivity index (χ2v) is 8.12. The van der Waals surface area contributed by atoms with Crippen molar-refractivity contribution in [1.82, 2.24) is 15.5 Å². The van der Waals surface area contributed by atoms with Gasteiger partial charge in [0.15, 0.2) is 0 Å². The summed E-state index contributed by atoms with van der Waals surface area (Å²) in [5, 5.41) is 5.77. The highest BCUT2D eigenvalue weighted by molar-refractivity contribution is 5.97. The standard InChI is InChI=1S/C24H28FN3O3/c1-16(2)26-23(30)21(27-22(29)18-7-4-3-5-8-18)17-11-13-28(14-12-17)24(31)19-9-6-10-20(25)15-19/h3-10,15-17,21H,11-14H2,1-2H3,(H,26,30)(H,27,29). The summed E-state index contributed by atoms with van der Waals surface area (Å²) in [6.07, 6.45) is 1.12. The molecule has 164 valence electrons. The molecule has 3 amide bonds. The molecule has 2 aromatic carbocycles. The van der Waals surface area contributed by atoms with Gasteiger partial charge in [-0.25, -0.2) is 4.39 Å². The van der Waals surface area contributed by atoms with Gasteiger partial charge in [-0.05, 0) is 62.9 Å². The Morgan fingerprint density at radius 3 is 2.19 bits per heavy atom. The van der Waals surface area contributed by atoms with Crippen LogP contribution in [0.2, 0.25) is 0 Å². The van der Waals surface area contributed by atoms with Gasteiger partial charge in [0, 0.05) is 30.3 Å². The van der Waals surface area contributed by atoms with Crippen molar-refractivity contribution in [2.45, 2.75) is 38.8 Å². The lowest BCUT2D eigenvalue weighted by atomic mass is 9.88. The molecule has 1 unspecified atom stereocenters. The quantitative estimate of drug-likeness (QED) is 0.747. The second-order valence-electron chi connectivity index (χ2n) is 8.12. The maximum Gasteiger partial charge on any atom is 0.253 e. The third-order valence-electron chi connectivity index (χ3n) is 5.41. The lowest BCUT2D eigenvalue weighted by Gasteiger charge is -2.36. The van der Waals surface area contributed by atoms with E-state index in [0.29, 0.717) is 37.1 Å². The van der Waals surface area contributed by atoms with Crippen LogP contribution in [0, 0.1) is 11.7 Å². The summed E-state index contributed by atoms with van der Waals surface area (Å²) in [5.41, 5.74) is 0.800. The van der Waals surface area contributed by atoms with Crippen LogP contribution in [0.1, 0.15) is 47.4 Å². The Bertz CT molecular complexity index is 925. The molecule has 1 aliphatic heterocycles. The Labute approximate surface area is 181 Å². The molecule has 6 nitrogen and oxygen atoms in total. The predicted octanol–water partition coefficient (Wildman–Crippen LogP) is 3.00. The van der Waals surface area contributed by atoms with E-state index in [1.165, 1.54) is 18.2 Å². The summed E-state index contributed by atoms with van der Waals surface area (Å²) in [7, 11) is 0. The number of hydrogen-bond donors (Lipinski definition) is 2. The fourth-order valence-corrected chi connectivity index (χ4v) is 3.83. The van der Waals surface area contributed by atoms with Crippen LogP contribution in [0.5, 0.6) is 0 Å². The van der Waals surface area contributed by atoms with Gasteiger partial charge in [-0.3, -0.25) is 14.4 Å². The van der Waals surface area contributed by atoms with Crippen molar-refractivity contribution in [2.24, 2.45) is 5.92 Å². The number of hydrogen-bond acceptors (Lipinski definition) is 3. The zero-order valence-electron chi connectivity index (χ0n) is 17.8. The molecule has 2 aromatic rings. The Morgan fingerprint density at radius 1 is 0.935 bits per heavy atom. The summed E-state index contributed by atoms with van der Waals surface area (Å²) >= 11 is 0. The van der Waals surface area contributed by atoms with E-state index in [9.17, 15) is 18.8 Å². The molecule has 0 saturated carbocycles. The third kappa shape index (κ3) is 5.90. The summed E-state index contributed by atoms with van der Waals surface area (Å²) in [6, 6.07) is 13.7. The summed E-state index contributed by atoms with van der Waals surface area (Å²) in [4.78, 5) is 39.9. The molecule has 0 bridgehead atoms. The van der Waals surface area contributed by atoms with Gasteiger partial charge >= 0.3 is 0 Å². The number of rotatable bonds is 6. The van der Waals surface area contributed by atoms with Crippen LogP contribution in [0.15, 0.2) is 54.6 Å². The van der Waals surface area contributed by atoms with Crippen molar-refractivity contribution in [3.8, 4) is 0 Å². The van der Waals surface area contributed by atoms with Crippen LogP contribution < -0.4 is 10.6 Å². The maximum atomic E-state index is 13.5. The van der Waals surface area contributed by atoms with Crippen molar-refractivity contribution < 1.29 is 18.8 Å². The normalized spacial score (nSPS) is 15.4. The molecule has 1 fully saturated rings. The number of amides is 3. The summed E-state index contributed by atoms with van der Waals surface area (Å²) < 4.78 is 13.5. The lowest BCUT2D eigenvalue weighted by Crippen LogP contribution is -2.54. The zero-order valence-corrected chi connectivity index (χ0v) is 17.8. The number of likely N-dealkylation sites (tertiary alicyclic amines) is 1. The number of nitrogens with one attached hydrogen (secondary N) is 2. The van der Waals surface area contributed by atoms with Crippen LogP contribution in [0.3, 0.4) is 0 Å². The SMILES string of the molecule is CC(C)NC(=O)C(NC(=O)c1ccccc1)C1CCN(C(=O)c2cccc(F)c2)CC1. The van der Waals surface area contributed by atoms with E-state index in [1.807, 2.05) is 19.9 Å². The van der Waals surface area contributed by atoms with E-state index in [-0.39, 0.29) is 29.7 Å². The van der Waals surface area contributed by atoms with E-state index >= 15 is 0 Å². The van der Waals surface area contributed by atoms with Gasteiger partial charge in [0.2, 0.25) is 5.91 Å². The van der Waals surface area contributed by atoms with Gasteiger partial charge in [-0.2, -0.15) is 0 Å². The van der Waals surface area contributed by atoms with Crippen LogP contribution in [-0.2, 0) is 4.79 Å². The first kappa shape index (κ1) is 22.5. The van der Waals surface area contributed by atoms with Crippen molar-refractivity contribution in [3.05, 3.63) is 71.5 Å².